The van der Waals surface area contributed by atoms with Gasteiger partial charge in [0.15, 0.2) is 11.6 Å². The summed E-state index contributed by atoms with van der Waals surface area (Å²) in [6.45, 7) is 14.6. The number of rotatable bonds is 9. The number of benzene rings is 2. The molecule has 9 heteroatoms. The number of hydrogen-bond donors (Lipinski definition) is 3. The summed E-state index contributed by atoms with van der Waals surface area (Å²) in [7, 11) is 1.67. The molecule has 0 bridgehead atoms. The van der Waals surface area contributed by atoms with Crippen LogP contribution in [0, 0.1) is 11.2 Å². The molecule has 0 aliphatic carbocycles. The number of fused-ring (bicyclic) bond motifs is 1. The summed E-state index contributed by atoms with van der Waals surface area (Å²) in [4.78, 5) is 17.6. The van der Waals surface area contributed by atoms with Gasteiger partial charge in [0.25, 0.3) is 0 Å². The third-order valence-electron chi connectivity index (χ3n) is 7.08. The number of anilines is 2. The maximum Gasteiger partial charge on any atom is 0.182 e. The van der Waals surface area contributed by atoms with Crippen molar-refractivity contribution in [2.75, 3.05) is 63.2 Å². The van der Waals surface area contributed by atoms with Gasteiger partial charge in [0.2, 0.25) is 0 Å². The molecule has 2 aliphatic heterocycles. The van der Waals surface area contributed by atoms with E-state index < -0.39 is 5.82 Å². The predicted octanol–water partition coefficient (Wildman–Crippen LogP) is 4.40. The number of ketones is 1. The van der Waals surface area contributed by atoms with E-state index in [0.29, 0.717) is 30.0 Å². The van der Waals surface area contributed by atoms with Crippen LogP contribution in [0.25, 0.3) is 0 Å². The molecule has 1 fully saturated rings. The molecule has 2 heterocycles. The molecule has 8 nitrogen and oxygen atoms in total. The number of hydrogen-bond acceptors (Lipinski definition) is 7. The van der Waals surface area contributed by atoms with Crippen LogP contribution in [-0.2, 0) is 12.0 Å². The highest BCUT2D eigenvalue weighted by molar-refractivity contribution is 6.06. The Bertz CT molecular complexity index is 1220. The van der Waals surface area contributed by atoms with E-state index in [4.69, 9.17) is 14.9 Å². The van der Waals surface area contributed by atoms with Crippen molar-refractivity contribution in [1.29, 1.82) is 5.41 Å². The van der Waals surface area contributed by atoms with E-state index in [0.717, 1.165) is 43.2 Å². The van der Waals surface area contributed by atoms with Crippen molar-refractivity contribution in [2.45, 2.75) is 46.6 Å². The lowest BCUT2D eigenvalue weighted by Gasteiger charge is -2.33. The number of piperazine rings is 1. The van der Waals surface area contributed by atoms with E-state index in [9.17, 15) is 4.79 Å². The van der Waals surface area contributed by atoms with Crippen molar-refractivity contribution >= 4 is 23.0 Å². The molecule has 38 heavy (non-hydrogen) atoms. The Morgan fingerprint density at radius 2 is 1.89 bits per heavy atom. The maximum absolute atomic E-state index is 15.5. The number of Topliss-reactive ketones (excluding diaryl/α,β-unsaturated/α-hetero) is 1. The Kier molecular flexibility index (Phi) is 8.16. The highest BCUT2D eigenvalue weighted by atomic mass is 19.1. The number of carbonyl (C=O) groups excluding carboxylic acids is 1. The van der Waals surface area contributed by atoms with Crippen LogP contribution in [0.2, 0.25) is 0 Å². The molecular formula is C29H40FN5O3. The fourth-order valence-corrected chi connectivity index (χ4v) is 5.20. The molecule has 0 unspecified atom stereocenters. The Hall–Kier alpha value is -3.33. The zero-order valence-electron chi connectivity index (χ0n) is 23.4. The topological polar surface area (TPSA) is 89.9 Å². The normalized spacial score (nSPS) is 15.5. The molecule has 2 aromatic carbocycles. The Balaban J connectivity index is 1.67. The molecule has 0 atom stereocenters. The summed E-state index contributed by atoms with van der Waals surface area (Å²) >= 11 is 0. The summed E-state index contributed by atoms with van der Waals surface area (Å²) in [5, 5.41) is 15.1. The SMILES string of the molecule is CCNc1c(OCC)cc2c(c1F)C(=N)N(CC(=O)c1cc(N3CCNCC3)c(OC)c(C(C)(C)C)c1)C2. The first-order valence-corrected chi connectivity index (χ1v) is 13.4. The molecule has 0 radical (unpaired) electrons. The Morgan fingerprint density at radius 3 is 2.50 bits per heavy atom. The number of methoxy groups -OCH3 is 1. The maximum atomic E-state index is 15.5. The second-order valence-electron chi connectivity index (χ2n) is 10.8. The van der Waals surface area contributed by atoms with Crippen molar-refractivity contribution in [2.24, 2.45) is 0 Å². The zero-order chi connectivity index (χ0) is 27.6. The van der Waals surface area contributed by atoms with Gasteiger partial charge in [0.05, 0.1) is 31.5 Å². The number of nitrogens with zero attached hydrogens (tertiary/aromatic N) is 2. The average molecular weight is 526 g/mol. The number of amidine groups is 1. The third-order valence-corrected chi connectivity index (χ3v) is 7.08. The molecule has 0 aromatic heterocycles. The molecule has 0 amide bonds. The largest absolute Gasteiger partial charge is 0.494 e. The van der Waals surface area contributed by atoms with Gasteiger partial charge in [-0.2, -0.15) is 0 Å². The molecule has 2 aliphatic rings. The fraction of sp³-hybridized carbons (Fsp3) is 0.517. The summed E-state index contributed by atoms with van der Waals surface area (Å²) in [6, 6.07) is 5.61. The van der Waals surface area contributed by atoms with E-state index in [1.165, 1.54) is 0 Å². The molecule has 1 saturated heterocycles. The lowest BCUT2D eigenvalue weighted by Crippen LogP contribution is -2.44. The van der Waals surface area contributed by atoms with Crippen LogP contribution in [0.15, 0.2) is 18.2 Å². The monoisotopic (exact) mass is 525 g/mol. The Morgan fingerprint density at radius 1 is 1.18 bits per heavy atom. The molecule has 0 saturated carbocycles. The number of carbonyl (C=O) groups is 1. The van der Waals surface area contributed by atoms with E-state index in [-0.39, 0.29) is 41.4 Å². The van der Waals surface area contributed by atoms with Gasteiger partial charge >= 0.3 is 0 Å². The van der Waals surface area contributed by atoms with Gasteiger partial charge < -0.3 is 29.9 Å². The molecule has 206 valence electrons. The zero-order valence-corrected chi connectivity index (χ0v) is 23.4. The smallest absolute Gasteiger partial charge is 0.182 e. The van der Waals surface area contributed by atoms with Gasteiger partial charge in [-0.15, -0.1) is 0 Å². The van der Waals surface area contributed by atoms with Crippen LogP contribution in [-0.4, -0.2) is 69.5 Å². The van der Waals surface area contributed by atoms with Gasteiger partial charge in [-0.1, -0.05) is 20.8 Å². The highest BCUT2D eigenvalue weighted by Crippen LogP contribution is 2.41. The second kappa shape index (κ2) is 11.2. The van der Waals surface area contributed by atoms with E-state index >= 15 is 4.39 Å². The first kappa shape index (κ1) is 27.7. The molecule has 4 rings (SSSR count). The van der Waals surface area contributed by atoms with Gasteiger partial charge in [-0.25, -0.2) is 4.39 Å². The number of ether oxygens (including phenoxy) is 2. The molecule has 3 N–H and O–H groups in total. The highest BCUT2D eigenvalue weighted by Gasteiger charge is 2.33. The average Bonchev–Trinajstić information content (AvgIpc) is 3.20. The van der Waals surface area contributed by atoms with Crippen LogP contribution in [0.5, 0.6) is 11.5 Å². The van der Waals surface area contributed by atoms with Crippen LogP contribution in [0.1, 0.15) is 61.7 Å². The van der Waals surface area contributed by atoms with Crippen molar-refractivity contribution in [3.63, 3.8) is 0 Å². The first-order valence-electron chi connectivity index (χ1n) is 13.4. The quantitative estimate of drug-likeness (QED) is 0.418. The summed E-state index contributed by atoms with van der Waals surface area (Å²) in [5.41, 5.74) is 3.33. The van der Waals surface area contributed by atoms with Gasteiger partial charge in [-0.05, 0) is 43.0 Å². The van der Waals surface area contributed by atoms with Gasteiger partial charge in [0, 0.05) is 50.4 Å². The minimum absolute atomic E-state index is 0.0138. The number of nitrogens with one attached hydrogen (secondary N) is 3. The minimum atomic E-state index is -0.506. The fourth-order valence-electron chi connectivity index (χ4n) is 5.20. The lowest BCUT2D eigenvalue weighted by molar-refractivity contribution is 0.0962. The lowest BCUT2D eigenvalue weighted by atomic mass is 9.84. The van der Waals surface area contributed by atoms with Crippen LogP contribution < -0.4 is 25.0 Å². The summed E-state index contributed by atoms with van der Waals surface area (Å²) in [5.74, 6) is 0.605. The molecule has 2 aromatic rings. The first-order chi connectivity index (χ1) is 18.1. The second-order valence-corrected chi connectivity index (χ2v) is 10.8. The van der Waals surface area contributed by atoms with Crippen molar-refractivity contribution in [3.05, 3.63) is 46.3 Å². The Labute approximate surface area is 225 Å². The third kappa shape index (κ3) is 5.29. The van der Waals surface area contributed by atoms with Crippen LogP contribution >= 0.6 is 0 Å². The van der Waals surface area contributed by atoms with Gasteiger partial charge in [0.1, 0.15) is 23.0 Å². The van der Waals surface area contributed by atoms with Crippen molar-refractivity contribution < 1.29 is 18.7 Å². The molecular weight excluding hydrogens is 485 g/mol. The van der Waals surface area contributed by atoms with E-state index in [1.807, 2.05) is 26.0 Å². The van der Waals surface area contributed by atoms with Gasteiger partial charge in [-0.3, -0.25) is 10.2 Å². The minimum Gasteiger partial charge on any atom is -0.494 e. The van der Waals surface area contributed by atoms with E-state index in [1.54, 1.807) is 18.1 Å². The summed E-state index contributed by atoms with van der Waals surface area (Å²) < 4.78 is 27.1. The van der Waals surface area contributed by atoms with Crippen molar-refractivity contribution in [3.8, 4) is 11.5 Å². The predicted molar refractivity (Wildman–Crippen MR) is 150 cm³/mol. The van der Waals surface area contributed by atoms with Crippen LogP contribution in [0.4, 0.5) is 15.8 Å². The van der Waals surface area contributed by atoms with E-state index in [2.05, 4.69) is 36.3 Å². The summed E-state index contributed by atoms with van der Waals surface area (Å²) in [6.07, 6.45) is 0. The van der Waals surface area contributed by atoms with Crippen molar-refractivity contribution in [1.82, 2.24) is 10.2 Å². The molecule has 0 spiro atoms. The standard InChI is InChI=1S/C29H40FN5O3/c1-7-33-26-23(38-8-2)15-19-16-35(28(31)24(19)25(26)30)17-22(36)18-13-20(29(3,4)5)27(37-6)21(14-18)34-11-9-32-10-12-34/h13-15,31-33H,7-12,16-17H2,1-6H3. The number of halogens is 1. The van der Waals surface area contributed by atoms with Crippen LogP contribution in [0.3, 0.4) is 0 Å².